The van der Waals surface area contributed by atoms with E-state index < -0.39 is 5.79 Å². The maximum atomic E-state index is 6.12. The van der Waals surface area contributed by atoms with Crippen LogP contribution in [0.4, 0.5) is 0 Å². The lowest BCUT2D eigenvalue weighted by atomic mass is 9.89. The van der Waals surface area contributed by atoms with Gasteiger partial charge in [-0.05, 0) is 31.0 Å². The molecule has 1 aromatic rings. The van der Waals surface area contributed by atoms with Crippen LogP contribution >= 0.6 is 15.9 Å². The Morgan fingerprint density at radius 1 is 1.11 bits per heavy atom. The van der Waals surface area contributed by atoms with Crippen molar-refractivity contribution in [1.29, 1.82) is 0 Å². The Kier molecular flexibility index (Phi) is 2.78. The van der Waals surface area contributed by atoms with Gasteiger partial charge in [0.15, 0.2) is 11.5 Å². The van der Waals surface area contributed by atoms with Crippen molar-refractivity contribution in [3.05, 3.63) is 22.7 Å². The van der Waals surface area contributed by atoms with Crippen LogP contribution in [0.2, 0.25) is 0 Å². The van der Waals surface area contributed by atoms with Gasteiger partial charge >= 0.3 is 0 Å². The van der Waals surface area contributed by atoms with Gasteiger partial charge in [0, 0.05) is 36.4 Å². The molecule has 0 amide bonds. The van der Waals surface area contributed by atoms with E-state index in [2.05, 4.69) is 20.8 Å². The first-order valence-electron chi connectivity index (χ1n) is 7.16. The van der Waals surface area contributed by atoms with Crippen LogP contribution in [0, 0.1) is 0 Å². The first kappa shape index (κ1) is 12.0. The molecule has 2 heterocycles. The number of benzene rings is 1. The zero-order valence-electron chi connectivity index (χ0n) is 10.9. The average molecular weight is 324 g/mol. The van der Waals surface area contributed by atoms with E-state index in [1.165, 1.54) is 19.3 Å². The van der Waals surface area contributed by atoms with Crippen molar-refractivity contribution in [2.75, 3.05) is 13.1 Å². The fourth-order valence-electron chi connectivity index (χ4n) is 3.25. The molecular formula is C15H18BrNO2. The van der Waals surface area contributed by atoms with Gasteiger partial charge in [-0.2, -0.15) is 0 Å². The monoisotopic (exact) mass is 323 g/mol. The standard InChI is InChI=1S/C15H18BrNO2/c16-11-4-5-13-14(10-11)19-15(18-13)6-8-17(9-7-15)12-2-1-3-12/h4-5,10,12H,1-3,6-9H2. The highest BCUT2D eigenvalue weighted by molar-refractivity contribution is 9.10. The number of rotatable bonds is 1. The van der Waals surface area contributed by atoms with Gasteiger partial charge in [0.05, 0.1) is 0 Å². The molecule has 1 aromatic carbocycles. The molecule has 102 valence electrons. The van der Waals surface area contributed by atoms with Crippen molar-refractivity contribution in [3.8, 4) is 11.5 Å². The molecule has 0 aromatic heterocycles. The fraction of sp³-hybridized carbons (Fsp3) is 0.600. The van der Waals surface area contributed by atoms with E-state index in [0.717, 1.165) is 47.9 Å². The largest absolute Gasteiger partial charge is 0.448 e. The molecule has 4 heteroatoms. The van der Waals surface area contributed by atoms with Crippen molar-refractivity contribution in [2.45, 2.75) is 43.9 Å². The van der Waals surface area contributed by atoms with Gasteiger partial charge in [0.2, 0.25) is 0 Å². The maximum absolute atomic E-state index is 6.12. The highest BCUT2D eigenvalue weighted by atomic mass is 79.9. The van der Waals surface area contributed by atoms with E-state index in [1.807, 2.05) is 18.2 Å². The van der Waals surface area contributed by atoms with Crippen LogP contribution in [0.1, 0.15) is 32.1 Å². The summed E-state index contributed by atoms with van der Waals surface area (Å²) in [6.07, 6.45) is 6.09. The fourth-order valence-corrected chi connectivity index (χ4v) is 3.59. The lowest BCUT2D eigenvalue weighted by Crippen LogP contribution is -2.53. The van der Waals surface area contributed by atoms with Crippen LogP contribution in [0.3, 0.4) is 0 Å². The van der Waals surface area contributed by atoms with E-state index in [9.17, 15) is 0 Å². The summed E-state index contributed by atoms with van der Waals surface area (Å²) in [5.74, 6) is 1.37. The molecule has 1 spiro atoms. The van der Waals surface area contributed by atoms with Crippen molar-refractivity contribution in [1.82, 2.24) is 4.90 Å². The average Bonchev–Trinajstić information content (AvgIpc) is 2.67. The topological polar surface area (TPSA) is 21.7 Å². The summed E-state index contributed by atoms with van der Waals surface area (Å²) in [6, 6.07) is 6.83. The Balaban J connectivity index is 1.47. The van der Waals surface area contributed by atoms with Crippen LogP contribution in [-0.2, 0) is 0 Å². The van der Waals surface area contributed by atoms with E-state index in [0.29, 0.717) is 0 Å². The molecule has 4 rings (SSSR count). The Bertz CT molecular complexity index is 493. The summed E-state index contributed by atoms with van der Waals surface area (Å²) in [6.45, 7) is 2.19. The molecule has 1 aliphatic carbocycles. The number of likely N-dealkylation sites (tertiary alicyclic amines) is 1. The van der Waals surface area contributed by atoms with E-state index in [-0.39, 0.29) is 0 Å². The lowest BCUT2D eigenvalue weighted by molar-refractivity contribution is -0.126. The summed E-state index contributed by atoms with van der Waals surface area (Å²) < 4.78 is 13.3. The summed E-state index contributed by atoms with van der Waals surface area (Å²) in [5.41, 5.74) is 0. The minimum atomic E-state index is -0.399. The summed E-state index contributed by atoms with van der Waals surface area (Å²) in [5, 5.41) is 0. The number of piperidine rings is 1. The van der Waals surface area contributed by atoms with Crippen molar-refractivity contribution in [2.24, 2.45) is 0 Å². The van der Waals surface area contributed by atoms with E-state index in [4.69, 9.17) is 9.47 Å². The Morgan fingerprint density at radius 2 is 1.84 bits per heavy atom. The molecule has 0 radical (unpaired) electrons. The third-order valence-electron chi connectivity index (χ3n) is 4.65. The number of halogens is 1. The zero-order chi connectivity index (χ0) is 12.9. The summed E-state index contributed by atoms with van der Waals surface area (Å²) in [4.78, 5) is 2.61. The molecule has 2 fully saturated rings. The Labute approximate surface area is 122 Å². The lowest BCUT2D eigenvalue weighted by Gasteiger charge is -2.44. The second kappa shape index (κ2) is 4.38. The van der Waals surface area contributed by atoms with E-state index >= 15 is 0 Å². The molecule has 2 aliphatic heterocycles. The molecule has 1 saturated carbocycles. The van der Waals surface area contributed by atoms with Crippen LogP contribution in [0.15, 0.2) is 22.7 Å². The van der Waals surface area contributed by atoms with Crippen LogP contribution < -0.4 is 9.47 Å². The van der Waals surface area contributed by atoms with Gasteiger partial charge in [-0.15, -0.1) is 0 Å². The van der Waals surface area contributed by atoms with Crippen LogP contribution in [0.5, 0.6) is 11.5 Å². The predicted molar refractivity (Wildman–Crippen MR) is 76.6 cm³/mol. The van der Waals surface area contributed by atoms with Crippen LogP contribution in [-0.4, -0.2) is 29.8 Å². The van der Waals surface area contributed by atoms with Gasteiger partial charge in [0.25, 0.3) is 5.79 Å². The normalized spacial score (nSPS) is 25.5. The molecule has 0 atom stereocenters. The quantitative estimate of drug-likeness (QED) is 0.788. The minimum Gasteiger partial charge on any atom is -0.448 e. The molecule has 0 N–H and O–H groups in total. The molecule has 1 saturated heterocycles. The SMILES string of the molecule is Brc1ccc2c(c1)OC1(CCN(C3CCC3)CC1)O2. The van der Waals surface area contributed by atoms with Gasteiger partial charge in [-0.25, -0.2) is 0 Å². The summed E-state index contributed by atoms with van der Waals surface area (Å²) in [7, 11) is 0. The Morgan fingerprint density at radius 3 is 2.53 bits per heavy atom. The molecule has 0 bridgehead atoms. The van der Waals surface area contributed by atoms with Gasteiger partial charge < -0.3 is 9.47 Å². The van der Waals surface area contributed by atoms with Crippen LogP contribution in [0.25, 0.3) is 0 Å². The number of hydrogen-bond donors (Lipinski definition) is 0. The second-order valence-electron chi connectivity index (χ2n) is 5.83. The van der Waals surface area contributed by atoms with Crippen molar-refractivity contribution < 1.29 is 9.47 Å². The first-order valence-corrected chi connectivity index (χ1v) is 7.95. The number of ether oxygens (including phenoxy) is 2. The number of nitrogens with zero attached hydrogens (tertiary/aromatic N) is 1. The Hall–Kier alpha value is -0.740. The third kappa shape index (κ3) is 2.05. The highest BCUT2D eigenvalue weighted by Crippen LogP contribution is 2.45. The molecule has 3 aliphatic rings. The van der Waals surface area contributed by atoms with Gasteiger partial charge in [-0.1, -0.05) is 22.4 Å². The van der Waals surface area contributed by atoms with Gasteiger partial charge in [0.1, 0.15) is 0 Å². The minimum absolute atomic E-state index is 0.399. The molecule has 3 nitrogen and oxygen atoms in total. The first-order chi connectivity index (χ1) is 9.24. The number of hydrogen-bond acceptors (Lipinski definition) is 3. The third-order valence-corrected chi connectivity index (χ3v) is 5.14. The molecular weight excluding hydrogens is 306 g/mol. The summed E-state index contributed by atoms with van der Waals surface area (Å²) >= 11 is 3.48. The highest BCUT2D eigenvalue weighted by Gasteiger charge is 2.45. The second-order valence-corrected chi connectivity index (χ2v) is 6.74. The van der Waals surface area contributed by atoms with Crippen molar-refractivity contribution in [3.63, 3.8) is 0 Å². The van der Waals surface area contributed by atoms with E-state index in [1.54, 1.807) is 0 Å². The smallest absolute Gasteiger partial charge is 0.254 e. The van der Waals surface area contributed by atoms with Gasteiger partial charge in [-0.3, -0.25) is 4.90 Å². The maximum Gasteiger partial charge on any atom is 0.254 e. The number of fused-ring (bicyclic) bond motifs is 1. The molecule has 19 heavy (non-hydrogen) atoms. The van der Waals surface area contributed by atoms with Crippen molar-refractivity contribution >= 4 is 15.9 Å². The zero-order valence-corrected chi connectivity index (χ0v) is 12.5. The predicted octanol–water partition coefficient (Wildman–Crippen LogP) is 3.56. The molecule has 0 unspecified atom stereocenters.